The Labute approximate surface area is 187 Å². The number of carbonyl (C=O) groups excluding carboxylic acids is 1. The fraction of sp³-hybridized carbons (Fsp3) is 0.409. The minimum Gasteiger partial charge on any atom is -0.486 e. The van der Waals surface area contributed by atoms with Gasteiger partial charge in [-0.3, -0.25) is 4.79 Å². The van der Waals surface area contributed by atoms with Crippen molar-refractivity contribution in [3.63, 3.8) is 0 Å². The van der Waals surface area contributed by atoms with Gasteiger partial charge in [-0.1, -0.05) is 17.7 Å². The third kappa shape index (κ3) is 4.51. The number of carbonyl (C=O) groups is 1. The van der Waals surface area contributed by atoms with Gasteiger partial charge in [-0.25, -0.2) is 8.42 Å². The second-order valence-corrected chi connectivity index (χ2v) is 10.2. The van der Waals surface area contributed by atoms with E-state index in [1.54, 1.807) is 24.3 Å². The molecule has 7 nitrogen and oxygen atoms in total. The molecule has 0 spiro atoms. The number of hydrogen-bond donors (Lipinski definition) is 1. The predicted molar refractivity (Wildman–Crippen MR) is 118 cm³/mol. The van der Waals surface area contributed by atoms with Crippen LogP contribution in [-0.2, 0) is 14.8 Å². The zero-order chi connectivity index (χ0) is 22.2. The molecular weight excluding hydrogens is 440 g/mol. The molecule has 0 saturated carbocycles. The van der Waals surface area contributed by atoms with E-state index in [-0.39, 0.29) is 11.8 Å². The predicted octanol–water partition coefficient (Wildman–Crippen LogP) is 3.77. The number of anilines is 1. The largest absolute Gasteiger partial charge is 0.486 e. The number of hydrogen-bond acceptors (Lipinski definition) is 5. The summed E-state index contributed by atoms with van der Waals surface area (Å²) in [5.41, 5.74) is 2.44. The molecule has 2 aromatic rings. The third-order valence-corrected chi connectivity index (χ3v) is 8.04. The first-order valence-electron chi connectivity index (χ1n) is 10.2. The zero-order valence-corrected chi connectivity index (χ0v) is 19.1. The quantitative estimate of drug-likeness (QED) is 0.744. The molecule has 0 aromatic heterocycles. The first-order chi connectivity index (χ1) is 14.8. The van der Waals surface area contributed by atoms with Gasteiger partial charge in [-0.2, -0.15) is 4.31 Å². The van der Waals surface area contributed by atoms with E-state index in [9.17, 15) is 13.2 Å². The van der Waals surface area contributed by atoms with E-state index in [1.807, 2.05) is 19.9 Å². The average Bonchev–Trinajstić information content (AvgIpc) is 2.76. The van der Waals surface area contributed by atoms with Gasteiger partial charge in [0, 0.05) is 31.1 Å². The van der Waals surface area contributed by atoms with Gasteiger partial charge in [0.25, 0.3) is 0 Å². The van der Waals surface area contributed by atoms with Crippen LogP contribution in [0.1, 0.15) is 24.0 Å². The van der Waals surface area contributed by atoms with E-state index in [2.05, 4.69) is 5.32 Å². The number of sulfonamides is 1. The summed E-state index contributed by atoms with van der Waals surface area (Å²) in [5.74, 6) is 0.622. The van der Waals surface area contributed by atoms with E-state index in [4.69, 9.17) is 21.1 Å². The maximum Gasteiger partial charge on any atom is 0.243 e. The standard InChI is InChI=1S/C22H25ClN2O5S/c1-14-3-4-17(11-15(14)2)31(27,28)25-7-5-16(6-8-25)22(26)24-19-13-21-20(12-18(19)23)29-9-10-30-21/h3-4,11-13,16H,5-10H2,1-2H3,(H,24,26). The van der Waals surface area contributed by atoms with Crippen molar-refractivity contribution in [3.05, 3.63) is 46.5 Å². The van der Waals surface area contributed by atoms with Gasteiger partial charge in [0.15, 0.2) is 11.5 Å². The molecule has 9 heteroatoms. The van der Waals surface area contributed by atoms with Crippen LogP contribution in [0, 0.1) is 19.8 Å². The minimum atomic E-state index is -3.58. The molecule has 166 valence electrons. The van der Waals surface area contributed by atoms with Crippen molar-refractivity contribution >= 4 is 33.2 Å². The van der Waals surface area contributed by atoms with E-state index < -0.39 is 10.0 Å². The minimum absolute atomic E-state index is 0.179. The number of amides is 1. The second kappa shape index (κ2) is 8.68. The number of piperidine rings is 1. The first kappa shape index (κ1) is 21.9. The highest BCUT2D eigenvalue weighted by molar-refractivity contribution is 7.89. The Morgan fingerprint density at radius 3 is 2.32 bits per heavy atom. The molecular formula is C22H25ClN2O5S. The van der Waals surface area contributed by atoms with E-state index >= 15 is 0 Å². The molecule has 4 rings (SSSR count). The molecule has 0 aliphatic carbocycles. The number of nitrogens with one attached hydrogen (secondary N) is 1. The molecule has 0 bridgehead atoms. The number of ether oxygens (including phenoxy) is 2. The highest BCUT2D eigenvalue weighted by Gasteiger charge is 2.32. The Morgan fingerprint density at radius 1 is 1.03 bits per heavy atom. The molecule has 0 unspecified atom stereocenters. The maximum absolute atomic E-state index is 13.0. The number of aryl methyl sites for hydroxylation is 2. The summed E-state index contributed by atoms with van der Waals surface area (Å²) in [5, 5.41) is 3.22. The van der Waals surface area contributed by atoms with E-state index in [1.165, 1.54) is 4.31 Å². The second-order valence-electron chi connectivity index (χ2n) is 7.89. The van der Waals surface area contributed by atoms with Gasteiger partial charge in [0.05, 0.1) is 15.6 Å². The Balaban J connectivity index is 1.40. The summed E-state index contributed by atoms with van der Waals surface area (Å²) in [6, 6.07) is 8.45. The SMILES string of the molecule is Cc1ccc(S(=O)(=O)N2CCC(C(=O)Nc3cc4c(cc3Cl)OCCO4)CC2)cc1C. The van der Waals surface area contributed by atoms with Crippen molar-refractivity contribution in [2.75, 3.05) is 31.6 Å². The monoisotopic (exact) mass is 464 g/mol. The normalized spacial score (nSPS) is 17.4. The van der Waals surface area contributed by atoms with Crippen LogP contribution in [0.4, 0.5) is 5.69 Å². The zero-order valence-electron chi connectivity index (χ0n) is 17.5. The number of rotatable bonds is 4. The highest BCUT2D eigenvalue weighted by atomic mass is 35.5. The van der Waals surface area contributed by atoms with Crippen molar-refractivity contribution in [2.45, 2.75) is 31.6 Å². The molecule has 2 aliphatic rings. The fourth-order valence-electron chi connectivity index (χ4n) is 3.78. The lowest BCUT2D eigenvalue weighted by molar-refractivity contribution is -0.120. The van der Waals surface area contributed by atoms with Crippen LogP contribution >= 0.6 is 11.6 Å². The summed E-state index contributed by atoms with van der Waals surface area (Å²) in [6.45, 7) is 5.33. The molecule has 1 N–H and O–H groups in total. The van der Waals surface area contributed by atoms with Gasteiger partial charge in [0.2, 0.25) is 15.9 Å². The number of fused-ring (bicyclic) bond motifs is 1. The summed E-state index contributed by atoms with van der Waals surface area (Å²) in [6.07, 6.45) is 0.885. The topological polar surface area (TPSA) is 84.9 Å². The summed E-state index contributed by atoms with van der Waals surface area (Å²) < 4.78 is 38.5. The summed E-state index contributed by atoms with van der Waals surface area (Å²) in [7, 11) is -3.58. The van der Waals surface area contributed by atoms with Crippen LogP contribution < -0.4 is 14.8 Å². The summed E-state index contributed by atoms with van der Waals surface area (Å²) >= 11 is 6.28. The van der Waals surface area contributed by atoms with Gasteiger partial charge in [-0.05, 0) is 49.9 Å². The fourth-order valence-corrected chi connectivity index (χ4v) is 5.53. The molecule has 0 atom stereocenters. The average molecular weight is 465 g/mol. The van der Waals surface area contributed by atoms with Crippen LogP contribution in [-0.4, -0.2) is 44.9 Å². The molecule has 1 fully saturated rings. The van der Waals surface area contributed by atoms with Crippen molar-refractivity contribution in [1.29, 1.82) is 0 Å². The number of benzene rings is 2. The molecule has 2 aromatic carbocycles. The maximum atomic E-state index is 13.0. The van der Waals surface area contributed by atoms with Crippen LogP contribution in [0.3, 0.4) is 0 Å². The number of nitrogens with zero attached hydrogens (tertiary/aromatic N) is 1. The van der Waals surface area contributed by atoms with Crippen LogP contribution in [0.25, 0.3) is 0 Å². The molecule has 2 aliphatic heterocycles. The van der Waals surface area contributed by atoms with Gasteiger partial charge >= 0.3 is 0 Å². The Morgan fingerprint density at radius 2 is 1.68 bits per heavy atom. The Bertz CT molecular complexity index is 1110. The van der Waals surface area contributed by atoms with Crippen LogP contribution in [0.15, 0.2) is 35.2 Å². The smallest absolute Gasteiger partial charge is 0.243 e. The van der Waals surface area contributed by atoms with Crippen molar-refractivity contribution in [1.82, 2.24) is 4.31 Å². The molecule has 1 saturated heterocycles. The van der Waals surface area contributed by atoms with E-state index in [0.29, 0.717) is 66.2 Å². The van der Waals surface area contributed by atoms with Gasteiger partial charge in [-0.15, -0.1) is 0 Å². The molecule has 0 radical (unpaired) electrons. The van der Waals surface area contributed by atoms with Crippen LogP contribution in [0.2, 0.25) is 5.02 Å². The highest BCUT2D eigenvalue weighted by Crippen LogP contribution is 2.38. The molecule has 31 heavy (non-hydrogen) atoms. The van der Waals surface area contributed by atoms with Crippen molar-refractivity contribution < 1.29 is 22.7 Å². The summed E-state index contributed by atoms with van der Waals surface area (Å²) in [4.78, 5) is 13.1. The van der Waals surface area contributed by atoms with Gasteiger partial charge in [0.1, 0.15) is 13.2 Å². The van der Waals surface area contributed by atoms with Crippen molar-refractivity contribution in [3.8, 4) is 11.5 Å². The molecule has 2 heterocycles. The third-order valence-electron chi connectivity index (χ3n) is 5.83. The first-order valence-corrected chi connectivity index (χ1v) is 12.0. The molecule has 1 amide bonds. The Hall–Kier alpha value is -2.29. The Kier molecular flexibility index (Phi) is 6.14. The lowest BCUT2D eigenvalue weighted by Gasteiger charge is -2.30. The lowest BCUT2D eigenvalue weighted by atomic mass is 9.97. The number of halogens is 1. The van der Waals surface area contributed by atoms with E-state index in [0.717, 1.165) is 11.1 Å². The van der Waals surface area contributed by atoms with Crippen LogP contribution in [0.5, 0.6) is 11.5 Å². The lowest BCUT2D eigenvalue weighted by Crippen LogP contribution is -2.41. The van der Waals surface area contributed by atoms with Gasteiger partial charge < -0.3 is 14.8 Å². The van der Waals surface area contributed by atoms with Crippen molar-refractivity contribution in [2.24, 2.45) is 5.92 Å².